The largest absolute Gasteiger partial charge is 0.392 e. The summed E-state index contributed by atoms with van der Waals surface area (Å²) in [6.07, 6.45) is 12.0. The molecule has 1 fully saturated rings. The van der Waals surface area contributed by atoms with Crippen molar-refractivity contribution in [1.82, 2.24) is 5.32 Å². The van der Waals surface area contributed by atoms with Gasteiger partial charge in [0.2, 0.25) is 0 Å². The molecule has 0 aromatic heterocycles. The zero-order chi connectivity index (χ0) is 10.5. The molecule has 0 saturated heterocycles. The van der Waals surface area contributed by atoms with Gasteiger partial charge in [0.05, 0.1) is 6.10 Å². The van der Waals surface area contributed by atoms with Crippen molar-refractivity contribution in [3.63, 3.8) is 0 Å². The maximum Gasteiger partial charge on any atom is 0.0693 e. The van der Waals surface area contributed by atoms with Crippen LogP contribution in [0.4, 0.5) is 0 Å². The Balaban J connectivity index is 1.63. The molecule has 2 atom stereocenters. The molecule has 0 aromatic carbocycles. The van der Waals surface area contributed by atoms with Gasteiger partial charge in [-0.15, -0.1) is 0 Å². The van der Waals surface area contributed by atoms with Crippen molar-refractivity contribution in [3.05, 3.63) is 11.6 Å². The van der Waals surface area contributed by atoms with E-state index in [0.29, 0.717) is 6.04 Å². The van der Waals surface area contributed by atoms with E-state index in [1.807, 2.05) is 0 Å². The number of hydrogen-bond acceptors (Lipinski definition) is 2. The molecule has 2 nitrogen and oxygen atoms in total. The molecule has 0 radical (unpaired) electrons. The van der Waals surface area contributed by atoms with Crippen LogP contribution in [0.1, 0.15) is 51.4 Å². The molecular weight excluding hydrogens is 186 g/mol. The van der Waals surface area contributed by atoms with Gasteiger partial charge in [-0.05, 0) is 45.1 Å². The summed E-state index contributed by atoms with van der Waals surface area (Å²) in [5.74, 6) is 0. The number of aliphatic hydroxyl groups is 1. The fourth-order valence-electron chi connectivity index (χ4n) is 2.73. The van der Waals surface area contributed by atoms with Crippen LogP contribution in [0.5, 0.6) is 0 Å². The summed E-state index contributed by atoms with van der Waals surface area (Å²) in [5.41, 5.74) is 1.62. The first-order valence-corrected chi connectivity index (χ1v) is 6.45. The fourth-order valence-corrected chi connectivity index (χ4v) is 2.73. The van der Waals surface area contributed by atoms with Gasteiger partial charge in [0.15, 0.2) is 0 Å². The van der Waals surface area contributed by atoms with Gasteiger partial charge in [-0.25, -0.2) is 0 Å². The van der Waals surface area contributed by atoms with Crippen molar-refractivity contribution in [2.75, 3.05) is 6.54 Å². The van der Waals surface area contributed by atoms with E-state index in [1.54, 1.807) is 5.57 Å². The molecule has 0 unspecified atom stereocenters. The summed E-state index contributed by atoms with van der Waals surface area (Å²) in [6, 6.07) is 0.362. The highest BCUT2D eigenvalue weighted by Gasteiger charge is 2.21. The maximum absolute atomic E-state index is 9.78. The third-order valence-electron chi connectivity index (χ3n) is 3.72. The summed E-state index contributed by atoms with van der Waals surface area (Å²) < 4.78 is 0. The predicted molar refractivity (Wildman–Crippen MR) is 62.8 cm³/mol. The second-order valence-electron chi connectivity index (χ2n) is 4.92. The minimum atomic E-state index is -0.101. The lowest BCUT2D eigenvalue weighted by Gasteiger charge is -2.28. The summed E-state index contributed by atoms with van der Waals surface area (Å²) >= 11 is 0. The van der Waals surface area contributed by atoms with Gasteiger partial charge in [0.25, 0.3) is 0 Å². The van der Waals surface area contributed by atoms with Crippen LogP contribution in [0.2, 0.25) is 0 Å². The van der Waals surface area contributed by atoms with Crippen molar-refractivity contribution in [1.29, 1.82) is 0 Å². The summed E-state index contributed by atoms with van der Waals surface area (Å²) in [4.78, 5) is 0. The van der Waals surface area contributed by atoms with E-state index in [9.17, 15) is 5.11 Å². The average Bonchev–Trinajstić information content (AvgIpc) is 2.74. The Morgan fingerprint density at radius 1 is 1.27 bits per heavy atom. The number of aliphatic hydroxyl groups excluding tert-OH is 1. The molecule has 15 heavy (non-hydrogen) atoms. The van der Waals surface area contributed by atoms with Crippen molar-refractivity contribution in [3.8, 4) is 0 Å². The van der Waals surface area contributed by atoms with E-state index in [0.717, 1.165) is 19.4 Å². The summed E-state index contributed by atoms with van der Waals surface area (Å²) in [5, 5.41) is 13.3. The van der Waals surface area contributed by atoms with Crippen LogP contribution in [0.25, 0.3) is 0 Å². The first-order chi connectivity index (χ1) is 7.36. The van der Waals surface area contributed by atoms with Gasteiger partial charge in [0.1, 0.15) is 0 Å². The average molecular weight is 209 g/mol. The maximum atomic E-state index is 9.78. The molecule has 0 amide bonds. The normalized spacial score (nSPS) is 31.7. The highest BCUT2D eigenvalue weighted by Crippen LogP contribution is 2.21. The molecule has 2 aliphatic rings. The van der Waals surface area contributed by atoms with Crippen molar-refractivity contribution in [2.24, 2.45) is 0 Å². The van der Waals surface area contributed by atoms with E-state index in [2.05, 4.69) is 11.4 Å². The third kappa shape index (κ3) is 3.32. The smallest absolute Gasteiger partial charge is 0.0693 e. The Morgan fingerprint density at radius 2 is 2.13 bits per heavy atom. The third-order valence-corrected chi connectivity index (χ3v) is 3.72. The van der Waals surface area contributed by atoms with Crippen LogP contribution in [0, 0.1) is 0 Å². The molecule has 0 bridgehead atoms. The number of rotatable bonds is 4. The Kier molecular flexibility index (Phi) is 4.21. The molecule has 1 saturated carbocycles. The van der Waals surface area contributed by atoms with Gasteiger partial charge in [-0.3, -0.25) is 0 Å². The van der Waals surface area contributed by atoms with E-state index in [4.69, 9.17) is 0 Å². The zero-order valence-electron chi connectivity index (χ0n) is 9.54. The van der Waals surface area contributed by atoms with Crippen LogP contribution in [0.3, 0.4) is 0 Å². The van der Waals surface area contributed by atoms with E-state index < -0.39 is 0 Å². The van der Waals surface area contributed by atoms with Gasteiger partial charge < -0.3 is 10.4 Å². The standard InChI is InChI=1S/C13H23NO/c15-13-8-4-3-7-12(13)14-10-9-11-5-1-2-6-11/h5,12-15H,1-4,6-10H2/t12-,13-/m0/s1. The lowest BCUT2D eigenvalue weighted by Crippen LogP contribution is -2.42. The second-order valence-corrected chi connectivity index (χ2v) is 4.92. The molecule has 0 aromatic rings. The number of nitrogens with one attached hydrogen (secondary N) is 1. The van der Waals surface area contributed by atoms with Crippen LogP contribution in [0.15, 0.2) is 11.6 Å². The topological polar surface area (TPSA) is 32.3 Å². The molecule has 2 aliphatic carbocycles. The van der Waals surface area contributed by atoms with Gasteiger partial charge in [-0.1, -0.05) is 24.5 Å². The fraction of sp³-hybridized carbons (Fsp3) is 0.846. The predicted octanol–water partition coefficient (Wildman–Crippen LogP) is 2.38. The molecule has 0 aliphatic heterocycles. The summed E-state index contributed by atoms with van der Waals surface area (Å²) in [6.45, 7) is 1.05. The van der Waals surface area contributed by atoms with E-state index in [1.165, 1.54) is 38.5 Å². The first-order valence-electron chi connectivity index (χ1n) is 6.45. The first kappa shape index (κ1) is 11.2. The lowest BCUT2D eigenvalue weighted by atomic mass is 9.92. The Bertz CT molecular complexity index is 225. The van der Waals surface area contributed by atoms with E-state index >= 15 is 0 Å². The highest BCUT2D eigenvalue weighted by atomic mass is 16.3. The minimum Gasteiger partial charge on any atom is -0.392 e. The molecule has 86 valence electrons. The van der Waals surface area contributed by atoms with Crippen LogP contribution in [-0.2, 0) is 0 Å². The van der Waals surface area contributed by atoms with Gasteiger partial charge in [-0.2, -0.15) is 0 Å². The lowest BCUT2D eigenvalue weighted by molar-refractivity contribution is 0.0913. The Hall–Kier alpha value is -0.340. The Morgan fingerprint density at radius 3 is 2.87 bits per heavy atom. The highest BCUT2D eigenvalue weighted by molar-refractivity contribution is 5.07. The molecule has 2 heteroatoms. The van der Waals surface area contributed by atoms with Gasteiger partial charge >= 0.3 is 0 Å². The Labute approximate surface area is 92.8 Å². The quantitative estimate of drug-likeness (QED) is 0.697. The zero-order valence-corrected chi connectivity index (χ0v) is 9.54. The molecule has 0 heterocycles. The molecule has 2 N–H and O–H groups in total. The molecular formula is C13H23NO. The van der Waals surface area contributed by atoms with E-state index in [-0.39, 0.29) is 6.10 Å². The molecule has 0 spiro atoms. The SMILES string of the molecule is O[C@H]1CCCC[C@@H]1NCCC1=CCCC1. The second kappa shape index (κ2) is 5.66. The van der Waals surface area contributed by atoms with Crippen molar-refractivity contribution < 1.29 is 5.11 Å². The minimum absolute atomic E-state index is 0.101. The van der Waals surface area contributed by atoms with Crippen LogP contribution >= 0.6 is 0 Å². The van der Waals surface area contributed by atoms with Crippen LogP contribution < -0.4 is 5.32 Å². The number of hydrogen-bond donors (Lipinski definition) is 2. The van der Waals surface area contributed by atoms with Crippen LogP contribution in [-0.4, -0.2) is 23.8 Å². The number of allylic oxidation sites excluding steroid dienone is 1. The molecule has 2 rings (SSSR count). The van der Waals surface area contributed by atoms with Crippen molar-refractivity contribution >= 4 is 0 Å². The van der Waals surface area contributed by atoms with Gasteiger partial charge in [0, 0.05) is 6.04 Å². The van der Waals surface area contributed by atoms with Crippen molar-refractivity contribution in [2.45, 2.75) is 63.5 Å². The monoisotopic (exact) mass is 209 g/mol. The summed E-state index contributed by atoms with van der Waals surface area (Å²) in [7, 11) is 0.